The third-order valence-electron chi connectivity index (χ3n) is 4.09. The molecular weight excluding hydrogens is 308 g/mol. The van der Waals surface area contributed by atoms with Crippen LogP contribution in [0, 0.1) is 0 Å². The molecule has 1 unspecified atom stereocenters. The summed E-state index contributed by atoms with van der Waals surface area (Å²) < 4.78 is 10.6. The van der Waals surface area contributed by atoms with Crippen LogP contribution in [-0.2, 0) is 16.1 Å². The fourth-order valence-corrected chi connectivity index (χ4v) is 2.81. The Balaban J connectivity index is 1.56. The summed E-state index contributed by atoms with van der Waals surface area (Å²) in [6.07, 6.45) is 0.757. The average Bonchev–Trinajstić information content (AvgIpc) is 3.11. The van der Waals surface area contributed by atoms with E-state index in [4.69, 9.17) is 9.26 Å². The number of carbonyl (C=O) groups excluding carboxylic acids is 1. The van der Waals surface area contributed by atoms with Crippen molar-refractivity contribution in [2.45, 2.75) is 25.9 Å². The molecule has 0 radical (unpaired) electrons. The van der Waals surface area contributed by atoms with Crippen LogP contribution in [0.15, 0.2) is 34.9 Å². The molecule has 2 heterocycles. The first-order chi connectivity index (χ1) is 11.8. The minimum absolute atomic E-state index is 0.00883. The molecule has 1 atom stereocenters. The first-order valence-electron chi connectivity index (χ1n) is 8.25. The van der Waals surface area contributed by atoms with E-state index < -0.39 is 0 Å². The highest BCUT2D eigenvalue weighted by atomic mass is 16.5. The SMILES string of the molecule is CCC(C(=O)NCc1noc(-c2ccccc2)n1)N1CCOCC1. The quantitative estimate of drug-likeness (QED) is 0.864. The molecule has 1 saturated heterocycles. The third kappa shape index (κ3) is 3.98. The molecule has 0 saturated carbocycles. The minimum atomic E-state index is -0.144. The number of morpholine rings is 1. The Labute approximate surface area is 141 Å². The third-order valence-corrected chi connectivity index (χ3v) is 4.09. The van der Waals surface area contributed by atoms with Gasteiger partial charge in [-0.1, -0.05) is 30.3 Å². The molecule has 1 fully saturated rings. The van der Waals surface area contributed by atoms with E-state index in [0.717, 1.165) is 25.1 Å². The van der Waals surface area contributed by atoms with E-state index in [9.17, 15) is 4.79 Å². The number of aromatic nitrogens is 2. The van der Waals surface area contributed by atoms with Crippen molar-refractivity contribution in [3.8, 4) is 11.5 Å². The molecule has 7 heteroatoms. The molecule has 1 aliphatic heterocycles. The van der Waals surface area contributed by atoms with E-state index in [1.807, 2.05) is 37.3 Å². The highest BCUT2D eigenvalue weighted by Crippen LogP contribution is 2.16. The largest absolute Gasteiger partial charge is 0.379 e. The zero-order chi connectivity index (χ0) is 16.8. The Morgan fingerprint density at radius 2 is 2.04 bits per heavy atom. The molecule has 1 aliphatic rings. The number of amides is 1. The Morgan fingerprint density at radius 1 is 1.29 bits per heavy atom. The predicted molar refractivity (Wildman–Crippen MR) is 88.1 cm³/mol. The maximum Gasteiger partial charge on any atom is 0.257 e. The molecule has 1 N–H and O–H groups in total. The predicted octanol–water partition coefficient (Wildman–Crippen LogP) is 1.46. The number of benzene rings is 1. The van der Waals surface area contributed by atoms with Gasteiger partial charge >= 0.3 is 0 Å². The van der Waals surface area contributed by atoms with Gasteiger partial charge in [0, 0.05) is 18.7 Å². The molecule has 1 aromatic carbocycles. The van der Waals surface area contributed by atoms with Gasteiger partial charge < -0.3 is 14.6 Å². The summed E-state index contributed by atoms with van der Waals surface area (Å²) in [5.41, 5.74) is 0.863. The van der Waals surface area contributed by atoms with Crippen molar-refractivity contribution in [3.63, 3.8) is 0 Å². The van der Waals surface area contributed by atoms with Crippen LogP contribution in [0.2, 0.25) is 0 Å². The van der Waals surface area contributed by atoms with Crippen LogP contribution >= 0.6 is 0 Å². The van der Waals surface area contributed by atoms with Crippen molar-refractivity contribution in [2.75, 3.05) is 26.3 Å². The Hall–Kier alpha value is -2.25. The van der Waals surface area contributed by atoms with Gasteiger partial charge in [0.15, 0.2) is 5.82 Å². The van der Waals surface area contributed by atoms with Crippen LogP contribution in [0.5, 0.6) is 0 Å². The minimum Gasteiger partial charge on any atom is -0.379 e. The summed E-state index contributed by atoms with van der Waals surface area (Å²) in [5, 5.41) is 6.83. The second-order valence-electron chi connectivity index (χ2n) is 5.67. The van der Waals surface area contributed by atoms with Gasteiger partial charge in [-0.3, -0.25) is 9.69 Å². The Morgan fingerprint density at radius 3 is 2.75 bits per heavy atom. The van der Waals surface area contributed by atoms with Gasteiger partial charge in [0.25, 0.3) is 5.89 Å². The topological polar surface area (TPSA) is 80.5 Å². The standard InChI is InChI=1S/C17H22N4O3/c1-2-14(21-8-10-23-11-9-21)16(22)18-12-15-19-17(24-20-15)13-6-4-3-5-7-13/h3-7,14H,2,8-12H2,1H3,(H,18,22). The Bertz CT molecular complexity index is 653. The van der Waals surface area contributed by atoms with Crippen LogP contribution in [-0.4, -0.2) is 53.3 Å². The fraction of sp³-hybridized carbons (Fsp3) is 0.471. The highest BCUT2D eigenvalue weighted by Gasteiger charge is 2.25. The molecule has 7 nitrogen and oxygen atoms in total. The average molecular weight is 330 g/mol. The number of hydrogen-bond donors (Lipinski definition) is 1. The van der Waals surface area contributed by atoms with Gasteiger partial charge in [0.2, 0.25) is 5.91 Å². The second kappa shape index (κ2) is 8.03. The molecular formula is C17H22N4O3. The number of rotatable bonds is 6. The molecule has 0 bridgehead atoms. The zero-order valence-electron chi connectivity index (χ0n) is 13.8. The van der Waals surface area contributed by atoms with Crippen molar-refractivity contribution in [3.05, 3.63) is 36.2 Å². The van der Waals surface area contributed by atoms with Crippen LogP contribution < -0.4 is 5.32 Å². The first-order valence-corrected chi connectivity index (χ1v) is 8.25. The van der Waals surface area contributed by atoms with Crippen LogP contribution in [0.3, 0.4) is 0 Å². The summed E-state index contributed by atoms with van der Waals surface area (Å²) in [4.78, 5) is 18.9. The van der Waals surface area contributed by atoms with Gasteiger partial charge in [-0.2, -0.15) is 4.98 Å². The van der Waals surface area contributed by atoms with Crippen molar-refractivity contribution in [1.82, 2.24) is 20.4 Å². The summed E-state index contributed by atoms with van der Waals surface area (Å²) in [5.74, 6) is 0.921. The molecule has 1 amide bonds. The monoisotopic (exact) mass is 330 g/mol. The second-order valence-corrected chi connectivity index (χ2v) is 5.67. The van der Waals surface area contributed by atoms with Crippen molar-refractivity contribution in [1.29, 1.82) is 0 Å². The zero-order valence-corrected chi connectivity index (χ0v) is 13.8. The lowest BCUT2D eigenvalue weighted by atomic mass is 10.1. The molecule has 1 aromatic heterocycles. The van der Waals surface area contributed by atoms with Crippen molar-refractivity contribution in [2.24, 2.45) is 0 Å². The maximum atomic E-state index is 12.4. The summed E-state index contributed by atoms with van der Waals surface area (Å²) >= 11 is 0. The highest BCUT2D eigenvalue weighted by molar-refractivity contribution is 5.81. The number of hydrogen-bond acceptors (Lipinski definition) is 6. The van der Waals surface area contributed by atoms with Gasteiger partial charge in [-0.15, -0.1) is 0 Å². The number of ether oxygens (including phenoxy) is 1. The lowest BCUT2D eigenvalue weighted by Crippen LogP contribution is -2.50. The van der Waals surface area contributed by atoms with Gasteiger partial charge in [-0.05, 0) is 18.6 Å². The molecule has 0 aliphatic carbocycles. The first kappa shape index (κ1) is 16.6. The number of carbonyl (C=O) groups is 1. The fourth-order valence-electron chi connectivity index (χ4n) is 2.81. The van der Waals surface area contributed by atoms with E-state index in [0.29, 0.717) is 24.9 Å². The van der Waals surface area contributed by atoms with Crippen molar-refractivity contribution >= 4 is 5.91 Å². The van der Waals surface area contributed by atoms with Gasteiger partial charge in [0.05, 0.1) is 25.8 Å². The van der Waals surface area contributed by atoms with E-state index in [1.54, 1.807) is 0 Å². The number of nitrogens with one attached hydrogen (secondary N) is 1. The van der Waals surface area contributed by atoms with E-state index >= 15 is 0 Å². The lowest BCUT2D eigenvalue weighted by Gasteiger charge is -2.32. The van der Waals surface area contributed by atoms with E-state index in [-0.39, 0.29) is 18.5 Å². The van der Waals surface area contributed by atoms with Crippen LogP contribution in [0.1, 0.15) is 19.2 Å². The van der Waals surface area contributed by atoms with Crippen LogP contribution in [0.25, 0.3) is 11.5 Å². The Kier molecular flexibility index (Phi) is 5.55. The molecule has 128 valence electrons. The molecule has 3 rings (SSSR count). The summed E-state index contributed by atoms with van der Waals surface area (Å²) in [6, 6.07) is 9.42. The summed E-state index contributed by atoms with van der Waals surface area (Å²) in [7, 11) is 0. The van der Waals surface area contributed by atoms with Gasteiger partial charge in [-0.25, -0.2) is 0 Å². The number of nitrogens with zero attached hydrogens (tertiary/aromatic N) is 3. The smallest absolute Gasteiger partial charge is 0.257 e. The lowest BCUT2D eigenvalue weighted by molar-refractivity contribution is -0.128. The summed E-state index contributed by atoms with van der Waals surface area (Å²) in [6.45, 7) is 5.19. The molecule has 24 heavy (non-hydrogen) atoms. The molecule has 0 spiro atoms. The van der Waals surface area contributed by atoms with Crippen LogP contribution in [0.4, 0.5) is 0 Å². The van der Waals surface area contributed by atoms with Gasteiger partial charge in [0.1, 0.15) is 0 Å². The van der Waals surface area contributed by atoms with E-state index in [1.165, 1.54) is 0 Å². The normalized spacial score (nSPS) is 16.7. The maximum absolute atomic E-state index is 12.4. The molecule has 2 aromatic rings. The van der Waals surface area contributed by atoms with Crippen molar-refractivity contribution < 1.29 is 14.1 Å². The van der Waals surface area contributed by atoms with E-state index in [2.05, 4.69) is 20.4 Å².